The average Bonchev–Trinajstić information content (AvgIpc) is 3.15. The van der Waals surface area contributed by atoms with Crippen molar-refractivity contribution in [3.8, 4) is 11.4 Å². The Hall–Kier alpha value is -2.29. The summed E-state index contributed by atoms with van der Waals surface area (Å²) in [6.45, 7) is 3.58. The summed E-state index contributed by atoms with van der Waals surface area (Å²) in [6.07, 6.45) is 0.582. The second kappa shape index (κ2) is 8.38. The summed E-state index contributed by atoms with van der Waals surface area (Å²) in [7, 11) is -3.87. The highest BCUT2D eigenvalue weighted by Gasteiger charge is 2.30. The third-order valence-corrected chi connectivity index (χ3v) is 6.59. The Labute approximate surface area is 168 Å². The third-order valence-electron chi connectivity index (χ3n) is 4.36. The molecule has 6 nitrogen and oxygen atoms in total. The highest BCUT2D eigenvalue weighted by molar-refractivity contribution is 7.89. The van der Waals surface area contributed by atoms with E-state index < -0.39 is 15.8 Å². The van der Waals surface area contributed by atoms with E-state index in [2.05, 4.69) is 10.1 Å². The molecule has 0 amide bonds. The Morgan fingerprint density at radius 2 is 1.79 bits per heavy atom. The van der Waals surface area contributed by atoms with Gasteiger partial charge < -0.3 is 4.52 Å². The molecule has 9 heteroatoms. The van der Waals surface area contributed by atoms with Gasteiger partial charge in [0.25, 0.3) is 0 Å². The van der Waals surface area contributed by atoms with Gasteiger partial charge >= 0.3 is 0 Å². The fourth-order valence-electron chi connectivity index (χ4n) is 2.59. The first kappa shape index (κ1) is 20.4. The molecule has 0 saturated heterocycles. The van der Waals surface area contributed by atoms with Crippen LogP contribution >= 0.6 is 11.6 Å². The Morgan fingerprint density at radius 1 is 1.14 bits per heavy atom. The minimum absolute atomic E-state index is 0.00615. The molecule has 0 bridgehead atoms. The van der Waals surface area contributed by atoms with Crippen LogP contribution in [-0.4, -0.2) is 28.9 Å². The zero-order valence-corrected chi connectivity index (χ0v) is 16.9. The van der Waals surface area contributed by atoms with Crippen molar-refractivity contribution < 1.29 is 17.3 Å². The van der Waals surface area contributed by atoms with Crippen LogP contribution in [-0.2, 0) is 16.6 Å². The van der Waals surface area contributed by atoms with Gasteiger partial charge in [-0.1, -0.05) is 23.7 Å². The van der Waals surface area contributed by atoms with Crippen LogP contribution in [0.5, 0.6) is 0 Å². The molecule has 148 valence electrons. The molecule has 28 heavy (non-hydrogen) atoms. The molecule has 0 aliphatic rings. The minimum atomic E-state index is -3.87. The van der Waals surface area contributed by atoms with Gasteiger partial charge in [-0.25, -0.2) is 12.8 Å². The highest BCUT2D eigenvalue weighted by Crippen LogP contribution is 2.24. The molecule has 1 aromatic heterocycles. The van der Waals surface area contributed by atoms with Crippen molar-refractivity contribution in [1.82, 2.24) is 14.4 Å². The highest BCUT2D eigenvalue weighted by atomic mass is 35.5. The predicted octanol–water partition coefficient (Wildman–Crippen LogP) is 4.52. The molecule has 0 saturated carbocycles. The molecular formula is C19H19ClFN3O3S. The lowest BCUT2D eigenvalue weighted by Crippen LogP contribution is -2.37. The average molecular weight is 424 g/mol. The van der Waals surface area contributed by atoms with Crippen LogP contribution < -0.4 is 0 Å². The normalized spacial score (nSPS) is 13.0. The molecular weight excluding hydrogens is 405 g/mol. The monoisotopic (exact) mass is 423 g/mol. The number of aromatic nitrogens is 2. The van der Waals surface area contributed by atoms with Crippen LogP contribution in [0.4, 0.5) is 4.39 Å². The van der Waals surface area contributed by atoms with Crippen molar-refractivity contribution in [1.29, 1.82) is 0 Å². The largest absolute Gasteiger partial charge is 0.338 e. The van der Waals surface area contributed by atoms with E-state index in [1.807, 2.05) is 6.92 Å². The SMILES string of the molecule is CCC(C)N(Cc1nc(-c2ccc(Cl)cc2)no1)S(=O)(=O)c1ccc(F)cc1. The van der Waals surface area contributed by atoms with E-state index in [1.54, 1.807) is 31.2 Å². The first-order valence-electron chi connectivity index (χ1n) is 8.67. The van der Waals surface area contributed by atoms with Crippen LogP contribution in [0.3, 0.4) is 0 Å². The molecule has 0 spiro atoms. The molecule has 3 rings (SSSR count). The maximum absolute atomic E-state index is 13.2. The number of halogens is 2. The van der Waals surface area contributed by atoms with E-state index >= 15 is 0 Å². The lowest BCUT2D eigenvalue weighted by atomic mass is 10.2. The summed E-state index contributed by atoms with van der Waals surface area (Å²) in [6, 6.07) is 11.3. The molecule has 2 aromatic carbocycles. The second-order valence-electron chi connectivity index (χ2n) is 6.28. The summed E-state index contributed by atoms with van der Waals surface area (Å²) in [4.78, 5) is 4.31. The van der Waals surface area contributed by atoms with Gasteiger partial charge in [0.05, 0.1) is 11.4 Å². The first-order chi connectivity index (χ1) is 13.3. The van der Waals surface area contributed by atoms with E-state index in [-0.39, 0.29) is 23.4 Å². The van der Waals surface area contributed by atoms with E-state index in [4.69, 9.17) is 16.1 Å². The number of nitrogens with zero attached hydrogens (tertiary/aromatic N) is 3. The lowest BCUT2D eigenvalue weighted by Gasteiger charge is -2.26. The molecule has 3 aromatic rings. The van der Waals surface area contributed by atoms with Crippen molar-refractivity contribution >= 4 is 21.6 Å². The van der Waals surface area contributed by atoms with Gasteiger partial charge in [-0.05, 0) is 61.9 Å². The van der Waals surface area contributed by atoms with Gasteiger partial charge in [0.2, 0.25) is 21.7 Å². The summed E-state index contributed by atoms with van der Waals surface area (Å²) in [5, 5.41) is 4.50. The zero-order chi connectivity index (χ0) is 20.3. The standard InChI is InChI=1S/C19H19ClFN3O3S/c1-3-13(2)24(28(25,26)17-10-8-16(21)9-11-17)12-18-22-19(23-27-18)14-4-6-15(20)7-5-14/h4-11,13H,3,12H2,1-2H3. The Balaban J connectivity index is 1.89. The van der Waals surface area contributed by atoms with Crippen molar-refractivity contribution in [2.45, 2.75) is 37.8 Å². The maximum Gasteiger partial charge on any atom is 0.243 e. The molecule has 1 atom stereocenters. The Bertz CT molecular complexity index is 1040. The van der Waals surface area contributed by atoms with Crippen molar-refractivity contribution in [3.05, 3.63) is 65.3 Å². The van der Waals surface area contributed by atoms with Gasteiger partial charge in [0.1, 0.15) is 5.82 Å². The van der Waals surface area contributed by atoms with Crippen LogP contribution in [0.15, 0.2) is 57.9 Å². The van der Waals surface area contributed by atoms with Crippen molar-refractivity contribution in [2.75, 3.05) is 0 Å². The summed E-state index contributed by atoms with van der Waals surface area (Å²) in [5.74, 6) is 0.00410. The van der Waals surface area contributed by atoms with E-state index in [9.17, 15) is 12.8 Å². The summed E-state index contributed by atoms with van der Waals surface area (Å²) in [5.41, 5.74) is 0.705. The second-order valence-corrected chi connectivity index (χ2v) is 8.61. The van der Waals surface area contributed by atoms with Gasteiger partial charge in [-0.15, -0.1) is 0 Å². The fraction of sp³-hybridized carbons (Fsp3) is 0.263. The topological polar surface area (TPSA) is 76.3 Å². The molecule has 1 unspecified atom stereocenters. The number of hydrogen-bond donors (Lipinski definition) is 0. The Morgan fingerprint density at radius 3 is 2.39 bits per heavy atom. The van der Waals surface area contributed by atoms with Gasteiger partial charge in [0.15, 0.2) is 0 Å². The van der Waals surface area contributed by atoms with Gasteiger partial charge in [0, 0.05) is 16.6 Å². The molecule has 0 aliphatic carbocycles. The van der Waals surface area contributed by atoms with E-state index in [0.717, 1.165) is 12.1 Å². The van der Waals surface area contributed by atoms with Crippen LogP contribution in [0.2, 0.25) is 5.02 Å². The minimum Gasteiger partial charge on any atom is -0.338 e. The van der Waals surface area contributed by atoms with Crippen LogP contribution in [0.25, 0.3) is 11.4 Å². The number of hydrogen-bond acceptors (Lipinski definition) is 5. The number of rotatable bonds is 7. The fourth-order valence-corrected chi connectivity index (χ4v) is 4.37. The predicted molar refractivity (Wildman–Crippen MR) is 104 cm³/mol. The van der Waals surface area contributed by atoms with Crippen LogP contribution in [0.1, 0.15) is 26.2 Å². The quantitative estimate of drug-likeness (QED) is 0.558. The third kappa shape index (κ3) is 4.40. The van der Waals surface area contributed by atoms with E-state index in [1.165, 1.54) is 16.4 Å². The van der Waals surface area contributed by atoms with Gasteiger partial charge in [-0.2, -0.15) is 9.29 Å². The molecule has 0 fully saturated rings. The zero-order valence-electron chi connectivity index (χ0n) is 15.3. The number of benzene rings is 2. The maximum atomic E-state index is 13.2. The smallest absolute Gasteiger partial charge is 0.243 e. The van der Waals surface area contributed by atoms with Crippen molar-refractivity contribution in [2.24, 2.45) is 0 Å². The summed E-state index contributed by atoms with van der Waals surface area (Å²) < 4.78 is 45.9. The molecule has 0 N–H and O–H groups in total. The van der Waals surface area contributed by atoms with Crippen LogP contribution in [0, 0.1) is 5.82 Å². The molecule has 0 radical (unpaired) electrons. The Kier molecular flexibility index (Phi) is 6.12. The lowest BCUT2D eigenvalue weighted by molar-refractivity contribution is 0.272. The summed E-state index contributed by atoms with van der Waals surface area (Å²) >= 11 is 5.88. The number of sulfonamides is 1. The molecule has 0 aliphatic heterocycles. The van der Waals surface area contributed by atoms with E-state index in [0.29, 0.717) is 22.8 Å². The van der Waals surface area contributed by atoms with Gasteiger partial charge in [-0.3, -0.25) is 0 Å². The van der Waals surface area contributed by atoms with Crippen molar-refractivity contribution in [3.63, 3.8) is 0 Å². The molecule has 1 heterocycles. The first-order valence-corrected chi connectivity index (χ1v) is 10.5.